The molecule has 1 atom stereocenters. The molecule has 2 rings (SSSR count). The van der Waals surface area contributed by atoms with Crippen molar-refractivity contribution >= 4 is 28.5 Å². The first-order chi connectivity index (χ1) is 6.84. The molecule has 0 amide bonds. The van der Waals surface area contributed by atoms with E-state index < -0.39 is 0 Å². The summed E-state index contributed by atoms with van der Waals surface area (Å²) in [4.78, 5) is 5.58. The van der Waals surface area contributed by atoms with E-state index in [1.54, 1.807) is 18.0 Å². The van der Waals surface area contributed by atoms with Crippen LogP contribution in [0.3, 0.4) is 0 Å². The third kappa shape index (κ3) is 2.68. The molecule has 1 aromatic rings. The van der Waals surface area contributed by atoms with Crippen molar-refractivity contribution in [2.24, 2.45) is 4.99 Å². The monoisotopic (exact) mass is 228 g/mol. The Kier molecular flexibility index (Phi) is 3.36. The molecule has 0 aliphatic carbocycles. The Hall–Kier alpha value is -0.620. The van der Waals surface area contributed by atoms with Gasteiger partial charge in [0, 0.05) is 11.8 Å². The van der Waals surface area contributed by atoms with Crippen LogP contribution in [0.1, 0.15) is 18.2 Å². The Labute approximate surface area is 91.4 Å². The SMILES string of the molecule is CC1CCSC(=NCc2cnns2)N1. The van der Waals surface area contributed by atoms with Gasteiger partial charge in [0.05, 0.1) is 17.6 Å². The van der Waals surface area contributed by atoms with E-state index >= 15 is 0 Å². The lowest BCUT2D eigenvalue weighted by molar-refractivity contribution is 0.642. The van der Waals surface area contributed by atoms with E-state index in [9.17, 15) is 0 Å². The summed E-state index contributed by atoms with van der Waals surface area (Å²) in [7, 11) is 0. The molecule has 0 radical (unpaired) electrons. The van der Waals surface area contributed by atoms with Crippen LogP contribution in [0, 0.1) is 0 Å². The van der Waals surface area contributed by atoms with Gasteiger partial charge in [-0.25, -0.2) is 0 Å². The van der Waals surface area contributed by atoms with Crippen molar-refractivity contribution in [3.63, 3.8) is 0 Å². The summed E-state index contributed by atoms with van der Waals surface area (Å²) in [5.74, 6) is 1.16. The van der Waals surface area contributed by atoms with E-state index in [0.717, 1.165) is 15.8 Å². The van der Waals surface area contributed by atoms with E-state index in [0.29, 0.717) is 12.6 Å². The predicted octanol–water partition coefficient (Wildman–Crippen LogP) is 1.51. The molecular weight excluding hydrogens is 216 g/mol. The van der Waals surface area contributed by atoms with Crippen LogP contribution in [0.25, 0.3) is 0 Å². The zero-order valence-corrected chi connectivity index (χ0v) is 9.57. The number of hydrogen-bond donors (Lipinski definition) is 1. The van der Waals surface area contributed by atoms with E-state index in [1.165, 1.54) is 18.0 Å². The predicted molar refractivity (Wildman–Crippen MR) is 60.7 cm³/mol. The molecule has 1 aliphatic heterocycles. The molecule has 4 nitrogen and oxygen atoms in total. The molecule has 1 fully saturated rings. The van der Waals surface area contributed by atoms with Gasteiger partial charge in [-0.1, -0.05) is 16.3 Å². The lowest BCUT2D eigenvalue weighted by atomic mass is 10.3. The van der Waals surface area contributed by atoms with Crippen molar-refractivity contribution in [3.8, 4) is 0 Å². The van der Waals surface area contributed by atoms with Crippen LogP contribution in [0.2, 0.25) is 0 Å². The highest BCUT2D eigenvalue weighted by Gasteiger charge is 2.12. The number of aromatic nitrogens is 2. The van der Waals surface area contributed by atoms with Crippen molar-refractivity contribution in [1.29, 1.82) is 0 Å². The van der Waals surface area contributed by atoms with Crippen LogP contribution in [-0.4, -0.2) is 26.5 Å². The minimum atomic E-state index is 0.551. The van der Waals surface area contributed by atoms with E-state index in [2.05, 4.69) is 26.8 Å². The zero-order chi connectivity index (χ0) is 9.80. The lowest BCUT2D eigenvalue weighted by Gasteiger charge is -2.21. The number of thioether (sulfide) groups is 1. The maximum atomic E-state index is 4.47. The summed E-state index contributed by atoms with van der Waals surface area (Å²) in [6.07, 6.45) is 2.98. The number of nitrogens with one attached hydrogen (secondary N) is 1. The molecule has 0 saturated carbocycles. The summed E-state index contributed by atoms with van der Waals surface area (Å²) in [6.45, 7) is 2.88. The standard InChI is InChI=1S/C8H12N4S2/c1-6-2-3-13-8(11-6)9-4-7-5-10-12-14-7/h5-6H,2-4H2,1H3,(H,9,11). The maximum Gasteiger partial charge on any atom is 0.157 e. The van der Waals surface area contributed by atoms with Gasteiger partial charge in [-0.05, 0) is 24.9 Å². The van der Waals surface area contributed by atoms with Crippen molar-refractivity contribution < 1.29 is 0 Å². The summed E-state index contributed by atoms with van der Waals surface area (Å²) in [6, 6.07) is 0.551. The maximum absolute atomic E-state index is 4.47. The lowest BCUT2D eigenvalue weighted by Crippen LogP contribution is -2.35. The highest BCUT2D eigenvalue weighted by atomic mass is 32.2. The number of hydrogen-bond acceptors (Lipinski definition) is 5. The van der Waals surface area contributed by atoms with Crippen molar-refractivity contribution in [1.82, 2.24) is 14.9 Å². The second kappa shape index (κ2) is 4.75. The Balaban J connectivity index is 1.91. The van der Waals surface area contributed by atoms with E-state index in [-0.39, 0.29) is 0 Å². The van der Waals surface area contributed by atoms with Crippen LogP contribution in [0.15, 0.2) is 11.2 Å². The fourth-order valence-corrected chi connectivity index (χ4v) is 2.68. The Morgan fingerprint density at radius 1 is 1.71 bits per heavy atom. The van der Waals surface area contributed by atoms with Gasteiger partial charge in [-0.3, -0.25) is 4.99 Å². The van der Waals surface area contributed by atoms with Gasteiger partial charge in [-0.15, -0.1) is 5.10 Å². The van der Waals surface area contributed by atoms with Crippen LogP contribution >= 0.6 is 23.3 Å². The van der Waals surface area contributed by atoms with Gasteiger partial charge in [0.15, 0.2) is 5.17 Å². The number of amidine groups is 1. The fraction of sp³-hybridized carbons (Fsp3) is 0.625. The molecular formula is C8H12N4S2. The second-order valence-electron chi connectivity index (χ2n) is 3.19. The first kappa shape index (κ1) is 9.92. The topological polar surface area (TPSA) is 50.2 Å². The molecule has 1 aliphatic rings. The summed E-state index contributed by atoms with van der Waals surface area (Å²) in [5.41, 5.74) is 0. The molecule has 0 spiro atoms. The number of rotatable bonds is 2. The Morgan fingerprint density at radius 2 is 2.64 bits per heavy atom. The third-order valence-corrected chi connectivity index (χ3v) is 3.55. The Bertz CT molecular complexity index is 309. The highest BCUT2D eigenvalue weighted by molar-refractivity contribution is 8.13. The van der Waals surface area contributed by atoms with E-state index in [1.807, 2.05) is 0 Å². The smallest absolute Gasteiger partial charge is 0.157 e. The van der Waals surface area contributed by atoms with Crippen LogP contribution in [-0.2, 0) is 6.54 Å². The Morgan fingerprint density at radius 3 is 3.36 bits per heavy atom. The number of aliphatic imine (C=N–C) groups is 1. The molecule has 0 aromatic carbocycles. The molecule has 0 bridgehead atoms. The molecule has 14 heavy (non-hydrogen) atoms. The van der Waals surface area contributed by atoms with Gasteiger partial charge in [0.2, 0.25) is 0 Å². The first-order valence-electron chi connectivity index (χ1n) is 4.54. The molecule has 1 N–H and O–H groups in total. The third-order valence-electron chi connectivity index (χ3n) is 1.94. The van der Waals surface area contributed by atoms with Gasteiger partial charge < -0.3 is 5.32 Å². The van der Waals surface area contributed by atoms with Gasteiger partial charge in [-0.2, -0.15) is 0 Å². The summed E-state index contributed by atoms with van der Waals surface area (Å²) in [5, 5.41) is 8.18. The average molecular weight is 228 g/mol. The van der Waals surface area contributed by atoms with Crippen molar-refractivity contribution in [2.75, 3.05) is 5.75 Å². The van der Waals surface area contributed by atoms with Gasteiger partial charge >= 0.3 is 0 Å². The first-order valence-corrected chi connectivity index (χ1v) is 6.30. The van der Waals surface area contributed by atoms with Crippen LogP contribution in [0.5, 0.6) is 0 Å². The van der Waals surface area contributed by atoms with Crippen molar-refractivity contribution in [2.45, 2.75) is 25.9 Å². The minimum absolute atomic E-state index is 0.551. The molecule has 1 aromatic heterocycles. The summed E-state index contributed by atoms with van der Waals surface area (Å²) >= 11 is 3.20. The minimum Gasteiger partial charge on any atom is -0.362 e. The molecule has 6 heteroatoms. The fourth-order valence-electron chi connectivity index (χ4n) is 1.16. The normalized spacial score (nSPS) is 24.9. The molecule has 2 heterocycles. The van der Waals surface area contributed by atoms with Crippen molar-refractivity contribution in [3.05, 3.63) is 11.1 Å². The summed E-state index contributed by atoms with van der Waals surface area (Å²) < 4.78 is 3.80. The van der Waals surface area contributed by atoms with Crippen LogP contribution < -0.4 is 5.32 Å². The quantitative estimate of drug-likeness (QED) is 0.833. The largest absolute Gasteiger partial charge is 0.362 e. The van der Waals surface area contributed by atoms with Crippen LogP contribution in [0.4, 0.5) is 0 Å². The van der Waals surface area contributed by atoms with E-state index in [4.69, 9.17) is 0 Å². The van der Waals surface area contributed by atoms with Gasteiger partial charge in [0.1, 0.15) is 0 Å². The highest BCUT2D eigenvalue weighted by Crippen LogP contribution is 2.14. The van der Waals surface area contributed by atoms with Gasteiger partial charge in [0.25, 0.3) is 0 Å². The molecule has 1 unspecified atom stereocenters. The second-order valence-corrected chi connectivity index (χ2v) is 5.14. The number of nitrogens with zero attached hydrogens (tertiary/aromatic N) is 3. The average Bonchev–Trinajstić information content (AvgIpc) is 2.67. The molecule has 76 valence electrons. The molecule has 1 saturated heterocycles. The zero-order valence-electron chi connectivity index (χ0n) is 7.93.